The van der Waals surface area contributed by atoms with Crippen LogP contribution in [-0.2, 0) is 20.7 Å². The Kier molecular flexibility index (Phi) is 4.46. The minimum atomic E-state index is -3.50. The van der Waals surface area contributed by atoms with Gasteiger partial charge in [-0.05, 0) is 46.2 Å². The molecule has 0 unspecified atom stereocenters. The van der Waals surface area contributed by atoms with E-state index in [1.54, 1.807) is 24.3 Å². The largest absolute Gasteiger partial charge is 0.219 e. The van der Waals surface area contributed by atoms with Gasteiger partial charge < -0.3 is 0 Å². The van der Waals surface area contributed by atoms with Crippen molar-refractivity contribution in [3.8, 4) is 0 Å². The summed E-state index contributed by atoms with van der Waals surface area (Å²) in [7, 11) is -3.50. The summed E-state index contributed by atoms with van der Waals surface area (Å²) in [6, 6.07) is 14.5. The highest BCUT2D eigenvalue weighted by Crippen LogP contribution is 2.30. The SMILES string of the molecule is CC(C)(C)c1cccc(S(=O)(=O)c2cccc(C(C)(C)C)c2)c1. The predicted molar refractivity (Wildman–Crippen MR) is 95.7 cm³/mol. The van der Waals surface area contributed by atoms with E-state index in [2.05, 4.69) is 41.5 Å². The molecule has 0 saturated heterocycles. The van der Waals surface area contributed by atoms with E-state index in [1.165, 1.54) is 0 Å². The van der Waals surface area contributed by atoms with Crippen LogP contribution in [0.2, 0.25) is 0 Å². The van der Waals surface area contributed by atoms with E-state index in [4.69, 9.17) is 0 Å². The van der Waals surface area contributed by atoms with Gasteiger partial charge in [-0.25, -0.2) is 8.42 Å². The smallest absolute Gasteiger partial charge is 0.206 e. The van der Waals surface area contributed by atoms with Gasteiger partial charge in [0, 0.05) is 0 Å². The quantitative estimate of drug-likeness (QED) is 0.766. The number of sulfone groups is 1. The van der Waals surface area contributed by atoms with Crippen molar-refractivity contribution in [1.29, 1.82) is 0 Å². The van der Waals surface area contributed by atoms with E-state index in [0.29, 0.717) is 9.79 Å². The third kappa shape index (κ3) is 3.84. The van der Waals surface area contributed by atoms with Crippen LogP contribution in [0.3, 0.4) is 0 Å². The Balaban J connectivity index is 2.56. The summed E-state index contributed by atoms with van der Waals surface area (Å²) < 4.78 is 26.0. The Morgan fingerprint density at radius 1 is 0.652 bits per heavy atom. The number of benzene rings is 2. The molecule has 0 fully saturated rings. The molecule has 0 spiro atoms. The summed E-state index contributed by atoms with van der Waals surface area (Å²) in [6.07, 6.45) is 0. The second-order valence-corrected chi connectivity index (χ2v) is 10.0. The van der Waals surface area contributed by atoms with E-state index in [9.17, 15) is 8.42 Å². The summed E-state index contributed by atoms with van der Waals surface area (Å²) in [6.45, 7) is 12.5. The minimum absolute atomic E-state index is 0.0845. The molecule has 2 nitrogen and oxygen atoms in total. The molecule has 0 radical (unpaired) electrons. The van der Waals surface area contributed by atoms with E-state index < -0.39 is 9.84 Å². The zero-order chi connectivity index (χ0) is 17.5. The highest BCUT2D eigenvalue weighted by Gasteiger charge is 2.23. The summed E-state index contributed by atoms with van der Waals surface area (Å²) in [5.74, 6) is 0. The lowest BCUT2D eigenvalue weighted by Crippen LogP contribution is -2.14. The van der Waals surface area contributed by atoms with E-state index >= 15 is 0 Å². The lowest BCUT2D eigenvalue weighted by Gasteiger charge is -2.21. The Hall–Kier alpha value is -1.61. The van der Waals surface area contributed by atoms with Crippen LogP contribution in [0.25, 0.3) is 0 Å². The molecule has 0 bridgehead atoms. The molecule has 124 valence electrons. The summed E-state index contributed by atoms with van der Waals surface area (Å²) in [5.41, 5.74) is 1.87. The Bertz CT molecular complexity index is 741. The standard InChI is InChI=1S/C20H26O2S/c1-19(2,3)15-9-7-11-17(13-15)23(21,22)18-12-8-10-16(14-18)20(4,5)6/h7-14H,1-6H3. The molecular formula is C20H26O2S. The second kappa shape index (κ2) is 5.79. The van der Waals surface area contributed by atoms with Crippen molar-refractivity contribution in [1.82, 2.24) is 0 Å². The maximum atomic E-state index is 13.0. The molecule has 23 heavy (non-hydrogen) atoms. The highest BCUT2D eigenvalue weighted by molar-refractivity contribution is 7.91. The predicted octanol–water partition coefficient (Wildman–Crippen LogP) is 5.11. The van der Waals surface area contributed by atoms with Gasteiger partial charge in [-0.3, -0.25) is 0 Å². The van der Waals surface area contributed by atoms with Crippen molar-refractivity contribution in [3.05, 3.63) is 59.7 Å². The molecule has 0 aliphatic carbocycles. The van der Waals surface area contributed by atoms with Crippen LogP contribution in [0.15, 0.2) is 58.3 Å². The van der Waals surface area contributed by atoms with Crippen LogP contribution in [0.5, 0.6) is 0 Å². The molecule has 0 amide bonds. The lowest BCUT2D eigenvalue weighted by atomic mass is 9.87. The summed E-state index contributed by atoms with van der Waals surface area (Å²) in [5, 5.41) is 0. The molecule has 0 aliphatic rings. The lowest BCUT2D eigenvalue weighted by molar-refractivity contribution is 0.580. The van der Waals surface area contributed by atoms with Gasteiger partial charge in [0.25, 0.3) is 0 Å². The zero-order valence-electron chi connectivity index (χ0n) is 14.8. The Morgan fingerprint density at radius 3 is 1.30 bits per heavy atom. The van der Waals surface area contributed by atoms with Crippen molar-refractivity contribution < 1.29 is 8.42 Å². The van der Waals surface area contributed by atoms with Crippen LogP contribution in [-0.4, -0.2) is 8.42 Å². The summed E-state index contributed by atoms with van der Waals surface area (Å²) >= 11 is 0. The molecule has 2 aromatic rings. The first kappa shape index (κ1) is 17.7. The van der Waals surface area contributed by atoms with Crippen molar-refractivity contribution in [2.24, 2.45) is 0 Å². The van der Waals surface area contributed by atoms with Crippen molar-refractivity contribution in [2.45, 2.75) is 62.2 Å². The second-order valence-electron chi connectivity index (χ2n) is 8.06. The van der Waals surface area contributed by atoms with Crippen molar-refractivity contribution in [2.75, 3.05) is 0 Å². The summed E-state index contributed by atoms with van der Waals surface area (Å²) in [4.78, 5) is 0.715. The Morgan fingerprint density at radius 2 is 1.00 bits per heavy atom. The third-order valence-corrected chi connectivity index (χ3v) is 5.77. The maximum absolute atomic E-state index is 13.0. The molecule has 0 heterocycles. The molecule has 0 atom stereocenters. The third-order valence-electron chi connectivity index (χ3n) is 4.02. The molecule has 0 aromatic heterocycles. The van der Waals surface area contributed by atoms with Gasteiger partial charge >= 0.3 is 0 Å². The fourth-order valence-electron chi connectivity index (χ4n) is 2.40. The minimum Gasteiger partial charge on any atom is -0.219 e. The Labute approximate surface area is 140 Å². The molecule has 0 N–H and O–H groups in total. The average molecular weight is 330 g/mol. The van der Waals surface area contributed by atoms with Gasteiger partial charge in [0.05, 0.1) is 9.79 Å². The van der Waals surface area contributed by atoms with Gasteiger partial charge in [0.2, 0.25) is 9.84 Å². The zero-order valence-corrected chi connectivity index (χ0v) is 15.7. The molecule has 0 saturated carbocycles. The monoisotopic (exact) mass is 330 g/mol. The van der Waals surface area contributed by atoms with Crippen LogP contribution >= 0.6 is 0 Å². The number of hydrogen-bond donors (Lipinski definition) is 0. The van der Waals surface area contributed by atoms with Gasteiger partial charge in [0.15, 0.2) is 0 Å². The van der Waals surface area contributed by atoms with E-state index in [1.807, 2.05) is 24.3 Å². The van der Waals surface area contributed by atoms with Crippen LogP contribution < -0.4 is 0 Å². The number of rotatable bonds is 2. The van der Waals surface area contributed by atoms with Crippen LogP contribution in [0.1, 0.15) is 52.7 Å². The number of hydrogen-bond acceptors (Lipinski definition) is 2. The van der Waals surface area contributed by atoms with Crippen LogP contribution in [0.4, 0.5) is 0 Å². The fourth-order valence-corrected chi connectivity index (χ4v) is 3.75. The molecule has 3 heteroatoms. The maximum Gasteiger partial charge on any atom is 0.206 e. The molecule has 2 rings (SSSR count). The highest BCUT2D eigenvalue weighted by atomic mass is 32.2. The molecular weight excluding hydrogens is 304 g/mol. The van der Waals surface area contributed by atoms with Crippen LogP contribution in [0, 0.1) is 0 Å². The van der Waals surface area contributed by atoms with Gasteiger partial charge in [-0.2, -0.15) is 0 Å². The van der Waals surface area contributed by atoms with Gasteiger partial charge in [-0.15, -0.1) is 0 Å². The van der Waals surface area contributed by atoms with Crippen molar-refractivity contribution in [3.63, 3.8) is 0 Å². The van der Waals surface area contributed by atoms with Crippen molar-refractivity contribution >= 4 is 9.84 Å². The van der Waals surface area contributed by atoms with Gasteiger partial charge in [-0.1, -0.05) is 65.8 Å². The average Bonchev–Trinajstić information content (AvgIpc) is 2.46. The molecule has 0 aliphatic heterocycles. The normalized spacial score (nSPS) is 13.1. The first-order chi connectivity index (χ1) is 10.4. The first-order valence-corrected chi connectivity index (χ1v) is 9.37. The van der Waals surface area contributed by atoms with E-state index in [0.717, 1.165) is 11.1 Å². The topological polar surface area (TPSA) is 34.1 Å². The van der Waals surface area contributed by atoms with E-state index in [-0.39, 0.29) is 10.8 Å². The molecule has 2 aromatic carbocycles. The first-order valence-electron chi connectivity index (χ1n) is 7.88. The van der Waals surface area contributed by atoms with Gasteiger partial charge in [0.1, 0.15) is 0 Å². The fraction of sp³-hybridized carbons (Fsp3) is 0.400.